The summed E-state index contributed by atoms with van der Waals surface area (Å²) in [4.78, 5) is 2.70. The maximum atomic E-state index is 3.77. The van der Waals surface area contributed by atoms with Gasteiger partial charge in [-0.1, -0.05) is 52.0 Å². The fourth-order valence-electron chi connectivity index (χ4n) is 3.47. The van der Waals surface area contributed by atoms with Crippen molar-refractivity contribution in [3.05, 3.63) is 35.4 Å². The van der Waals surface area contributed by atoms with Crippen LogP contribution in [0.4, 0.5) is 0 Å². The molecule has 0 amide bonds. The minimum atomic E-state index is 0.643. The second-order valence-electron chi connectivity index (χ2n) is 7.40. The van der Waals surface area contributed by atoms with E-state index in [0.29, 0.717) is 18.0 Å². The molecule has 0 spiro atoms. The summed E-state index contributed by atoms with van der Waals surface area (Å²) in [6, 6.07) is 10.1. The number of aryl methyl sites for hydroxylation is 1. The molecule has 2 nitrogen and oxygen atoms in total. The molecule has 1 aromatic rings. The molecule has 1 aliphatic heterocycles. The lowest BCUT2D eigenvalue weighted by atomic mass is 9.94. The largest absolute Gasteiger partial charge is 0.311 e. The quantitative estimate of drug-likeness (QED) is 0.885. The number of nitrogens with zero attached hydrogens (tertiary/aromatic N) is 1. The second kappa shape index (κ2) is 7.42. The third kappa shape index (κ3) is 4.55. The Bertz CT molecular complexity index is 439. The lowest BCUT2D eigenvalue weighted by molar-refractivity contribution is 0.0850. The SMILES string of the molecule is Cc1ccccc1CN1CC(CC(C)C)NCC1C(C)C. The molecule has 1 aliphatic rings. The summed E-state index contributed by atoms with van der Waals surface area (Å²) >= 11 is 0. The predicted octanol–water partition coefficient (Wildman–Crippen LogP) is 3.84. The van der Waals surface area contributed by atoms with Crippen LogP contribution in [0.5, 0.6) is 0 Å². The van der Waals surface area contributed by atoms with Gasteiger partial charge in [-0.15, -0.1) is 0 Å². The van der Waals surface area contributed by atoms with Crippen LogP contribution in [0, 0.1) is 18.8 Å². The number of piperazine rings is 1. The van der Waals surface area contributed by atoms with Crippen molar-refractivity contribution in [2.45, 2.75) is 59.7 Å². The zero-order valence-corrected chi connectivity index (χ0v) is 14.4. The van der Waals surface area contributed by atoms with E-state index >= 15 is 0 Å². The average molecular weight is 288 g/mol. The van der Waals surface area contributed by atoms with E-state index in [1.807, 2.05) is 0 Å². The van der Waals surface area contributed by atoms with Crippen LogP contribution in [-0.2, 0) is 6.54 Å². The highest BCUT2D eigenvalue weighted by molar-refractivity contribution is 5.25. The number of hydrogen-bond donors (Lipinski definition) is 1. The number of benzene rings is 1. The van der Waals surface area contributed by atoms with E-state index in [0.717, 1.165) is 19.0 Å². The Kier molecular flexibility index (Phi) is 5.83. The maximum absolute atomic E-state index is 3.77. The normalized spacial score (nSPS) is 24.0. The van der Waals surface area contributed by atoms with Crippen molar-refractivity contribution in [2.24, 2.45) is 11.8 Å². The number of rotatable bonds is 5. The Labute approximate surface area is 130 Å². The zero-order chi connectivity index (χ0) is 15.4. The molecule has 1 saturated heterocycles. The van der Waals surface area contributed by atoms with Crippen molar-refractivity contribution in [3.63, 3.8) is 0 Å². The van der Waals surface area contributed by atoms with E-state index in [4.69, 9.17) is 0 Å². The van der Waals surface area contributed by atoms with Crippen LogP contribution in [0.1, 0.15) is 45.2 Å². The summed E-state index contributed by atoms with van der Waals surface area (Å²) in [7, 11) is 0. The fourth-order valence-corrected chi connectivity index (χ4v) is 3.47. The first kappa shape index (κ1) is 16.5. The van der Waals surface area contributed by atoms with E-state index < -0.39 is 0 Å². The van der Waals surface area contributed by atoms with Gasteiger partial charge in [-0.2, -0.15) is 0 Å². The number of hydrogen-bond acceptors (Lipinski definition) is 2. The fraction of sp³-hybridized carbons (Fsp3) is 0.684. The van der Waals surface area contributed by atoms with Gasteiger partial charge in [0.2, 0.25) is 0 Å². The first-order valence-electron chi connectivity index (χ1n) is 8.49. The molecule has 0 aromatic heterocycles. The van der Waals surface area contributed by atoms with E-state index in [1.54, 1.807) is 0 Å². The van der Waals surface area contributed by atoms with Gasteiger partial charge in [-0.05, 0) is 36.3 Å². The molecule has 1 fully saturated rings. The van der Waals surface area contributed by atoms with Gasteiger partial charge in [-0.3, -0.25) is 4.90 Å². The Balaban J connectivity index is 2.09. The Hall–Kier alpha value is -0.860. The van der Waals surface area contributed by atoms with Crippen molar-refractivity contribution < 1.29 is 0 Å². The average Bonchev–Trinajstić information content (AvgIpc) is 2.40. The van der Waals surface area contributed by atoms with Crippen LogP contribution in [0.2, 0.25) is 0 Å². The molecule has 0 aliphatic carbocycles. The second-order valence-corrected chi connectivity index (χ2v) is 7.40. The summed E-state index contributed by atoms with van der Waals surface area (Å²) < 4.78 is 0. The maximum Gasteiger partial charge on any atom is 0.0247 e. The van der Waals surface area contributed by atoms with E-state index in [-0.39, 0.29) is 0 Å². The number of nitrogens with one attached hydrogen (secondary N) is 1. The summed E-state index contributed by atoms with van der Waals surface area (Å²) in [5.41, 5.74) is 2.90. The monoisotopic (exact) mass is 288 g/mol. The van der Waals surface area contributed by atoms with Gasteiger partial charge in [0.25, 0.3) is 0 Å². The Morgan fingerprint density at radius 3 is 2.52 bits per heavy atom. The standard InChI is InChI=1S/C19H32N2/c1-14(2)10-18-13-21(19(11-20-18)15(3)4)12-17-9-7-6-8-16(17)5/h6-9,14-15,18-20H,10-13H2,1-5H3. The summed E-state index contributed by atoms with van der Waals surface area (Å²) in [6.07, 6.45) is 1.27. The first-order valence-corrected chi connectivity index (χ1v) is 8.49. The lowest BCUT2D eigenvalue weighted by Gasteiger charge is -2.43. The van der Waals surface area contributed by atoms with Crippen molar-refractivity contribution in [2.75, 3.05) is 13.1 Å². The molecule has 2 unspecified atom stereocenters. The zero-order valence-electron chi connectivity index (χ0n) is 14.4. The highest BCUT2D eigenvalue weighted by Crippen LogP contribution is 2.21. The van der Waals surface area contributed by atoms with Gasteiger partial charge in [0.15, 0.2) is 0 Å². The molecule has 2 rings (SSSR count). The molecule has 0 saturated carbocycles. The minimum Gasteiger partial charge on any atom is -0.311 e. The molecule has 0 radical (unpaired) electrons. The molecule has 2 atom stereocenters. The molecule has 1 N–H and O–H groups in total. The molecular weight excluding hydrogens is 256 g/mol. The van der Waals surface area contributed by atoms with Gasteiger partial charge in [-0.25, -0.2) is 0 Å². The van der Waals surface area contributed by atoms with E-state index in [2.05, 4.69) is 69.1 Å². The summed E-state index contributed by atoms with van der Waals surface area (Å²) in [5.74, 6) is 1.46. The van der Waals surface area contributed by atoms with Crippen molar-refractivity contribution in [1.82, 2.24) is 10.2 Å². The first-order chi connectivity index (χ1) is 9.97. The summed E-state index contributed by atoms with van der Waals surface area (Å²) in [5, 5.41) is 3.77. The summed E-state index contributed by atoms with van der Waals surface area (Å²) in [6.45, 7) is 15.0. The molecule has 2 heteroatoms. The third-order valence-corrected chi connectivity index (χ3v) is 4.70. The van der Waals surface area contributed by atoms with Crippen LogP contribution in [0.15, 0.2) is 24.3 Å². The van der Waals surface area contributed by atoms with Crippen LogP contribution < -0.4 is 5.32 Å². The van der Waals surface area contributed by atoms with Gasteiger partial charge in [0.05, 0.1) is 0 Å². The molecule has 21 heavy (non-hydrogen) atoms. The molecular formula is C19H32N2. The van der Waals surface area contributed by atoms with Crippen molar-refractivity contribution >= 4 is 0 Å². The van der Waals surface area contributed by atoms with Crippen LogP contribution in [-0.4, -0.2) is 30.1 Å². The van der Waals surface area contributed by atoms with Crippen molar-refractivity contribution in [3.8, 4) is 0 Å². The van der Waals surface area contributed by atoms with Gasteiger partial charge in [0, 0.05) is 31.7 Å². The van der Waals surface area contributed by atoms with Crippen LogP contribution >= 0.6 is 0 Å². The third-order valence-electron chi connectivity index (χ3n) is 4.70. The molecule has 1 aromatic carbocycles. The van der Waals surface area contributed by atoms with Gasteiger partial charge in [0.1, 0.15) is 0 Å². The smallest absolute Gasteiger partial charge is 0.0247 e. The predicted molar refractivity (Wildman–Crippen MR) is 91.5 cm³/mol. The molecule has 1 heterocycles. The van der Waals surface area contributed by atoms with Gasteiger partial charge < -0.3 is 5.32 Å². The van der Waals surface area contributed by atoms with Crippen LogP contribution in [0.25, 0.3) is 0 Å². The van der Waals surface area contributed by atoms with E-state index in [1.165, 1.54) is 24.1 Å². The van der Waals surface area contributed by atoms with Gasteiger partial charge >= 0.3 is 0 Å². The molecule has 0 bridgehead atoms. The minimum absolute atomic E-state index is 0.643. The highest BCUT2D eigenvalue weighted by atomic mass is 15.2. The van der Waals surface area contributed by atoms with Crippen LogP contribution in [0.3, 0.4) is 0 Å². The van der Waals surface area contributed by atoms with E-state index in [9.17, 15) is 0 Å². The highest BCUT2D eigenvalue weighted by Gasteiger charge is 2.30. The molecule has 118 valence electrons. The lowest BCUT2D eigenvalue weighted by Crippen LogP contribution is -2.58. The topological polar surface area (TPSA) is 15.3 Å². The Morgan fingerprint density at radius 1 is 1.19 bits per heavy atom. The Morgan fingerprint density at radius 2 is 1.90 bits per heavy atom. The van der Waals surface area contributed by atoms with Crippen molar-refractivity contribution in [1.29, 1.82) is 0 Å².